The second kappa shape index (κ2) is 7.73. The molecular formula is C16H28N4O. The number of hydrogen-bond donors (Lipinski definition) is 1. The minimum absolute atomic E-state index is 0.546. The van der Waals surface area contributed by atoms with Gasteiger partial charge in [0.05, 0.1) is 6.61 Å². The second-order valence-corrected chi connectivity index (χ2v) is 5.92. The second-order valence-electron chi connectivity index (χ2n) is 5.92. The van der Waals surface area contributed by atoms with Crippen LogP contribution in [0.4, 0.5) is 5.82 Å². The molecule has 1 aromatic heterocycles. The van der Waals surface area contributed by atoms with Gasteiger partial charge in [-0.3, -0.25) is 4.90 Å². The topological polar surface area (TPSA) is 40.6 Å². The Hall–Kier alpha value is -1.17. The quantitative estimate of drug-likeness (QED) is 0.802. The first-order valence-corrected chi connectivity index (χ1v) is 7.74. The van der Waals surface area contributed by atoms with Gasteiger partial charge in [0.2, 0.25) is 0 Å². The van der Waals surface area contributed by atoms with Gasteiger partial charge < -0.3 is 15.0 Å². The zero-order chi connectivity index (χ0) is 15.2. The summed E-state index contributed by atoms with van der Waals surface area (Å²) in [5.74, 6) is 1.12. The van der Waals surface area contributed by atoms with Crippen molar-refractivity contribution in [3.63, 3.8) is 0 Å². The van der Waals surface area contributed by atoms with Gasteiger partial charge in [-0.15, -0.1) is 0 Å². The van der Waals surface area contributed by atoms with Crippen LogP contribution < -0.4 is 10.2 Å². The predicted molar refractivity (Wildman–Crippen MR) is 86.7 cm³/mol. The van der Waals surface area contributed by atoms with Crippen molar-refractivity contribution in [2.75, 3.05) is 45.3 Å². The van der Waals surface area contributed by atoms with Crippen molar-refractivity contribution in [1.29, 1.82) is 0 Å². The maximum Gasteiger partial charge on any atom is 0.133 e. The highest BCUT2D eigenvalue weighted by atomic mass is 16.5. The molecule has 2 heterocycles. The number of nitrogens with zero attached hydrogens (tertiary/aromatic N) is 3. The van der Waals surface area contributed by atoms with Gasteiger partial charge in [-0.05, 0) is 27.0 Å². The van der Waals surface area contributed by atoms with Gasteiger partial charge in [0.1, 0.15) is 5.82 Å². The molecule has 1 aliphatic rings. The molecule has 0 aliphatic carbocycles. The number of hydrogen-bond acceptors (Lipinski definition) is 5. The van der Waals surface area contributed by atoms with Crippen molar-refractivity contribution in [2.24, 2.45) is 0 Å². The Morgan fingerprint density at radius 1 is 1.33 bits per heavy atom. The fraction of sp³-hybridized carbons (Fsp3) is 0.688. The Kier molecular flexibility index (Phi) is 5.96. The van der Waals surface area contributed by atoms with Crippen LogP contribution in [0.15, 0.2) is 18.3 Å². The number of pyridine rings is 1. The molecule has 0 bridgehead atoms. The molecule has 21 heavy (non-hydrogen) atoms. The summed E-state index contributed by atoms with van der Waals surface area (Å²) in [4.78, 5) is 9.49. The molecule has 5 nitrogen and oxygen atoms in total. The molecular weight excluding hydrogens is 264 g/mol. The number of nitrogens with one attached hydrogen (secondary N) is 1. The number of likely N-dealkylation sites (N-methyl/N-ethyl adjacent to an activating group) is 1. The standard InChI is InChI=1S/C16H28N4O/c1-13-11-20(12-14(2)19(13)3)16-15(6-5-7-18-16)10-17-8-9-21-4/h5-7,13-14,17H,8-12H2,1-4H3. The number of piperazine rings is 1. The first-order chi connectivity index (χ1) is 10.1. The van der Waals surface area contributed by atoms with Crippen molar-refractivity contribution < 1.29 is 4.74 Å². The van der Waals surface area contributed by atoms with E-state index >= 15 is 0 Å². The Bertz CT molecular complexity index is 428. The lowest BCUT2D eigenvalue weighted by Gasteiger charge is -2.43. The van der Waals surface area contributed by atoms with E-state index < -0.39 is 0 Å². The van der Waals surface area contributed by atoms with Crippen LogP contribution in [-0.2, 0) is 11.3 Å². The monoisotopic (exact) mass is 292 g/mol. The summed E-state index contributed by atoms with van der Waals surface area (Å²) >= 11 is 0. The summed E-state index contributed by atoms with van der Waals surface area (Å²) in [5, 5.41) is 3.41. The van der Waals surface area contributed by atoms with Gasteiger partial charge >= 0.3 is 0 Å². The van der Waals surface area contributed by atoms with Crippen LogP contribution in [0.2, 0.25) is 0 Å². The van der Waals surface area contributed by atoms with E-state index in [-0.39, 0.29) is 0 Å². The lowest BCUT2D eigenvalue weighted by Crippen LogP contribution is -2.55. The molecule has 0 radical (unpaired) electrons. The van der Waals surface area contributed by atoms with Gasteiger partial charge in [-0.25, -0.2) is 4.98 Å². The van der Waals surface area contributed by atoms with E-state index in [1.165, 1.54) is 5.56 Å². The Labute approximate surface area is 128 Å². The zero-order valence-corrected chi connectivity index (χ0v) is 13.7. The van der Waals surface area contributed by atoms with Crippen LogP contribution in [0.5, 0.6) is 0 Å². The minimum atomic E-state index is 0.546. The first-order valence-electron chi connectivity index (χ1n) is 7.74. The van der Waals surface area contributed by atoms with Gasteiger partial charge in [0.25, 0.3) is 0 Å². The summed E-state index contributed by atoms with van der Waals surface area (Å²) < 4.78 is 5.07. The third kappa shape index (κ3) is 4.15. The van der Waals surface area contributed by atoms with E-state index in [0.29, 0.717) is 12.1 Å². The summed E-state index contributed by atoms with van der Waals surface area (Å²) in [6, 6.07) is 5.27. The lowest BCUT2D eigenvalue weighted by molar-refractivity contribution is 0.169. The highest BCUT2D eigenvalue weighted by Crippen LogP contribution is 2.22. The molecule has 2 atom stereocenters. The Morgan fingerprint density at radius 2 is 2.05 bits per heavy atom. The van der Waals surface area contributed by atoms with E-state index in [4.69, 9.17) is 4.74 Å². The predicted octanol–water partition coefficient (Wildman–Crippen LogP) is 1.35. The van der Waals surface area contributed by atoms with Crippen LogP contribution in [0.3, 0.4) is 0 Å². The molecule has 118 valence electrons. The average molecular weight is 292 g/mol. The van der Waals surface area contributed by atoms with Gasteiger partial charge in [-0.2, -0.15) is 0 Å². The summed E-state index contributed by atoms with van der Waals surface area (Å²) in [6.45, 7) is 9.05. The van der Waals surface area contributed by atoms with Crippen LogP contribution in [-0.4, -0.2) is 62.4 Å². The average Bonchev–Trinajstić information content (AvgIpc) is 2.49. The van der Waals surface area contributed by atoms with Gasteiger partial charge in [0.15, 0.2) is 0 Å². The molecule has 0 saturated carbocycles. The van der Waals surface area contributed by atoms with Crippen molar-refractivity contribution >= 4 is 5.82 Å². The molecule has 0 amide bonds. The van der Waals surface area contributed by atoms with E-state index in [2.05, 4.69) is 47.1 Å². The van der Waals surface area contributed by atoms with Crippen LogP contribution in [0, 0.1) is 0 Å². The van der Waals surface area contributed by atoms with E-state index in [1.54, 1.807) is 7.11 Å². The maximum atomic E-state index is 5.07. The molecule has 1 aliphatic heterocycles. The fourth-order valence-corrected chi connectivity index (χ4v) is 2.83. The third-order valence-corrected chi connectivity index (χ3v) is 4.33. The molecule has 1 N–H and O–H groups in total. The SMILES string of the molecule is COCCNCc1cccnc1N1CC(C)N(C)C(C)C1. The summed E-state index contributed by atoms with van der Waals surface area (Å²) in [7, 11) is 3.93. The van der Waals surface area contributed by atoms with E-state index in [9.17, 15) is 0 Å². The highest BCUT2D eigenvalue weighted by molar-refractivity contribution is 5.47. The molecule has 1 saturated heterocycles. The van der Waals surface area contributed by atoms with Crippen molar-refractivity contribution in [3.05, 3.63) is 23.9 Å². The number of methoxy groups -OCH3 is 1. The van der Waals surface area contributed by atoms with Crippen LogP contribution in [0.25, 0.3) is 0 Å². The smallest absolute Gasteiger partial charge is 0.133 e. The first kappa shape index (κ1) is 16.2. The Morgan fingerprint density at radius 3 is 2.71 bits per heavy atom. The molecule has 2 rings (SSSR count). The number of aromatic nitrogens is 1. The summed E-state index contributed by atoms with van der Waals surface area (Å²) in [6.07, 6.45) is 1.89. The van der Waals surface area contributed by atoms with E-state index in [0.717, 1.165) is 38.6 Å². The van der Waals surface area contributed by atoms with Crippen molar-refractivity contribution in [3.8, 4) is 0 Å². The Balaban J connectivity index is 2.05. The lowest BCUT2D eigenvalue weighted by atomic mass is 10.1. The number of rotatable bonds is 6. The van der Waals surface area contributed by atoms with E-state index in [1.807, 2.05) is 12.3 Å². The van der Waals surface area contributed by atoms with Gasteiger partial charge in [-0.1, -0.05) is 6.07 Å². The summed E-state index contributed by atoms with van der Waals surface area (Å²) in [5.41, 5.74) is 1.26. The number of anilines is 1. The van der Waals surface area contributed by atoms with Crippen LogP contribution >= 0.6 is 0 Å². The highest BCUT2D eigenvalue weighted by Gasteiger charge is 2.28. The molecule has 5 heteroatoms. The van der Waals surface area contributed by atoms with Gasteiger partial charge in [0, 0.05) is 57.1 Å². The number of ether oxygens (including phenoxy) is 1. The third-order valence-electron chi connectivity index (χ3n) is 4.33. The van der Waals surface area contributed by atoms with Crippen molar-refractivity contribution in [1.82, 2.24) is 15.2 Å². The largest absolute Gasteiger partial charge is 0.383 e. The minimum Gasteiger partial charge on any atom is -0.383 e. The molecule has 2 unspecified atom stereocenters. The maximum absolute atomic E-state index is 5.07. The molecule has 1 aromatic rings. The molecule has 0 spiro atoms. The zero-order valence-electron chi connectivity index (χ0n) is 13.7. The van der Waals surface area contributed by atoms with Crippen molar-refractivity contribution in [2.45, 2.75) is 32.5 Å². The van der Waals surface area contributed by atoms with Crippen LogP contribution in [0.1, 0.15) is 19.4 Å². The fourth-order valence-electron chi connectivity index (χ4n) is 2.83. The normalized spacial score (nSPS) is 23.5. The molecule has 1 fully saturated rings. The molecule has 0 aromatic carbocycles.